The summed E-state index contributed by atoms with van der Waals surface area (Å²) in [5.74, 6) is 0.287. The molecule has 0 unspecified atom stereocenters. The highest BCUT2D eigenvalue weighted by Crippen LogP contribution is 2.19. The first kappa shape index (κ1) is 23.2. The smallest absolute Gasteiger partial charge is 0.260 e. The third-order valence-corrected chi connectivity index (χ3v) is 3.99. The largest absolute Gasteiger partial charge is 0.483 e. The van der Waals surface area contributed by atoms with E-state index in [2.05, 4.69) is 10.3 Å². The van der Waals surface area contributed by atoms with E-state index in [1.807, 2.05) is 44.2 Å². The van der Waals surface area contributed by atoms with Gasteiger partial charge in [-0.2, -0.15) is 0 Å². The number of carbonyl (C=O) groups is 2. The van der Waals surface area contributed by atoms with Crippen molar-refractivity contribution in [2.45, 2.75) is 20.4 Å². The average molecular weight is 404 g/mol. The topological polar surface area (TPSA) is 71.5 Å². The number of nitrogens with zero attached hydrogens (tertiary/aromatic N) is 2. The van der Waals surface area contributed by atoms with Crippen LogP contribution in [-0.2, 0) is 16.1 Å². The first-order valence-electron chi connectivity index (χ1n) is 8.98. The predicted molar refractivity (Wildman–Crippen MR) is 112 cm³/mol. The van der Waals surface area contributed by atoms with Crippen LogP contribution >= 0.6 is 12.4 Å². The summed E-state index contributed by atoms with van der Waals surface area (Å²) in [6.07, 6.45) is 6.52. The molecule has 2 amide bonds. The Balaban J connectivity index is 0.00000392. The van der Waals surface area contributed by atoms with E-state index in [1.54, 1.807) is 29.4 Å². The van der Waals surface area contributed by atoms with Crippen molar-refractivity contribution < 1.29 is 14.3 Å². The average Bonchev–Trinajstić information content (AvgIpc) is 2.71. The van der Waals surface area contributed by atoms with Gasteiger partial charge in [-0.25, -0.2) is 0 Å². The number of rotatable bonds is 9. The Hall–Kier alpha value is -2.86. The number of ether oxygens (including phenoxy) is 1. The Morgan fingerprint density at radius 2 is 1.89 bits per heavy atom. The molecule has 6 nitrogen and oxygen atoms in total. The van der Waals surface area contributed by atoms with Crippen LogP contribution in [0.1, 0.15) is 25.0 Å². The number of likely N-dealkylation sites (N-methyl/N-ethyl adjacent to an activating group) is 1. The van der Waals surface area contributed by atoms with E-state index in [1.165, 1.54) is 6.08 Å². The maximum absolute atomic E-state index is 12.1. The van der Waals surface area contributed by atoms with Crippen molar-refractivity contribution in [1.82, 2.24) is 15.2 Å². The molecule has 0 fully saturated rings. The minimum Gasteiger partial charge on any atom is -0.483 e. The summed E-state index contributed by atoms with van der Waals surface area (Å²) in [5, 5.41) is 2.80. The van der Waals surface area contributed by atoms with E-state index in [9.17, 15) is 9.59 Å². The molecule has 0 aliphatic rings. The van der Waals surface area contributed by atoms with Crippen LogP contribution in [0.5, 0.6) is 5.75 Å². The fourth-order valence-corrected chi connectivity index (χ4v) is 2.47. The quantitative estimate of drug-likeness (QED) is 0.653. The molecule has 0 bridgehead atoms. The van der Waals surface area contributed by atoms with Crippen molar-refractivity contribution >= 4 is 30.3 Å². The van der Waals surface area contributed by atoms with Crippen molar-refractivity contribution in [1.29, 1.82) is 0 Å². The molecular formula is C21H26ClN3O3. The maximum atomic E-state index is 12.1. The van der Waals surface area contributed by atoms with Crippen LogP contribution in [0.3, 0.4) is 0 Å². The summed E-state index contributed by atoms with van der Waals surface area (Å²) >= 11 is 0. The molecule has 0 saturated heterocycles. The van der Waals surface area contributed by atoms with Crippen LogP contribution in [0.15, 0.2) is 54.9 Å². The van der Waals surface area contributed by atoms with Crippen molar-refractivity contribution in [3.63, 3.8) is 0 Å². The number of amides is 2. The van der Waals surface area contributed by atoms with Gasteiger partial charge in [-0.1, -0.05) is 24.3 Å². The number of hydrogen-bond acceptors (Lipinski definition) is 4. The molecule has 2 rings (SSSR count). The third-order valence-electron chi connectivity index (χ3n) is 3.99. The minimum atomic E-state index is -0.215. The zero-order chi connectivity index (χ0) is 19.5. The van der Waals surface area contributed by atoms with Crippen molar-refractivity contribution in [2.75, 3.05) is 19.7 Å². The van der Waals surface area contributed by atoms with E-state index in [0.717, 1.165) is 11.1 Å². The van der Waals surface area contributed by atoms with Gasteiger partial charge >= 0.3 is 0 Å². The Bertz CT molecular complexity index is 777. The highest BCUT2D eigenvalue weighted by molar-refractivity contribution is 5.92. The fraction of sp³-hybridized carbons (Fsp3) is 0.286. The number of nitrogens with one attached hydrogen (secondary N) is 1. The summed E-state index contributed by atoms with van der Waals surface area (Å²) in [4.78, 5) is 29.8. The van der Waals surface area contributed by atoms with Gasteiger partial charge in [-0.15, -0.1) is 12.4 Å². The second-order valence-electron chi connectivity index (χ2n) is 5.80. The van der Waals surface area contributed by atoms with E-state index in [0.29, 0.717) is 25.4 Å². The van der Waals surface area contributed by atoms with Crippen LogP contribution in [-0.4, -0.2) is 41.4 Å². The van der Waals surface area contributed by atoms with E-state index < -0.39 is 0 Å². The van der Waals surface area contributed by atoms with Gasteiger partial charge in [0.1, 0.15) is 5.75 Å². The van der Waals surface area contributed by atoms with Crippen molar-refractivity contribution in [2.24, 2.45) is 0 Å². The first-order chi connectivity index (χ1) is 13.1. The second-order valence-corrected chi connectivity index (χ2v) is 5.80. The Labute approximate surface area is 172 Å². The predicted octanol–water partition coefficient (Wildman–Crippen LogP) is 3.08. The number of carbonyl (C=O) groups excluding carboxylic acids is 2. The van der Waals surface area contributed by atoms with E-state index in [-0.39, 0.29) is 30.8 Å². The van der Waals surface area contributed by atoms with Gasteiger partial charge in [-0.05, 0) is 37.6 Å². The van der Waals surface area contributed by atoms with E-state index >= 15 is 0 Å². The number of para-hydroxylation sites is 1. The van der Waals surface area contributed by atoms with Gasteiger partial charge in [0.25, 0.3) is 5.91 Å². The lowest BCUT2D eigenvalue weighted by Crippen LogP contribution is -2.34. The number of aromatic nitrogens is 1. The molecule has 150 valence electrons. The zero-order valence-corrected chi connectivity index (χ0v) is 16.9. The molecule has 28 heavy (non-hydrogen) atoms. The fourth-order valence-electron chi connectivity index (χ4n) is 2.47. The number of hydrogen-bond donors (Lipinski definition) is 1. The summed E-state index contributed by atoms with van der Waals surface area (Å²) in [6.45, 7) is 5.55. The molecule has 1 N–H and O–H groups in total. The maximum Gasteiger partial charge on any atom is 0.260 e. The number of halogens is 1. The van der Waals surface area contributed by atoms with Gasteiger partial charge in [0.2, 0.25) is 5.91 Å². The van der Waals surface area contributed by atoms with Crippen LogP contribution in [0.4, 0.5) is 0 Å². The number of benzene rings is 1. The first-order valence-corrected chi connectivity index (χ1v) is 8.98. The van der Waals surface area contributed by atoms with E-state index in [4.69, 9.17) is 4.74 Å². The number of pyridine rings is 1. The molecule has 0 saturated carbocycles. The monoisotopic (exact) mass is 403 g/mol. The van der Waals surface area contributed by atoms with Gasteiger partial charge in [-0.3, -0.25) is 14.6 Å². The molecule has 0 spiro atoms. The van der Waals surface area contributed by atoms with Gasteiger partial charge in [0.15, 0.2) is 6.61 Å². The SMILES string of the molecule is CCN(CC)C(=O)COc1ccccc1/C=C/C(=O)NCc1cccnc1.Cl. The standard InChI is InChI=1S/C21H25N3O3.ClH/c1-3-24(4-2)21(26)16-27-19-10-6-5-9-18(19)11-12-20(25)23-15-17-8-7-13-22-14-17;/h5-14H,3-4,15-16H2,1-2H3,(H,23,25);1H/b12-11+;. The molecule has 1 heterocycles. The summed E-state index contributed by atoms with van der Waals surface area (Å²) in [6, 6.07) is 11.0. The van der Waals surface area contributed by atoms with Crippen molar-refractivity contribution in [3.05, 3.63) is 66.0 Å². The lowest BCUT2D eigenvalue weighted by atomic mass is 10.2. The third kappa shape index (κ3) is 7.40. The zero-order valence-electron chi connectivity index (χ0n) is 16.1. The summed E-state index contributed by atoms with van der Waals surface area (Å²) in [7, 11) is 0. The minimum absolute atomic E-state index is 0. The molecule has 2 aromatic rings. The highest BCUT2D eigenvalue weighted by atomic mass is 35.5. The molecule has 0 atom stereocenters. The summed E-state index contributed by atoms with van der Waals surface area (Å²) in [5.41, 5.74) is 1.67. The molecule has 1 aromatic carbocycles. The molecule has 0 radical (unpaired) electrons. The molecular weight excluding hydrogens is 378 g/mol. The lowest BCUT2D eigenvalue weighted by Gasteiger charge is -2.19. The van der Waals surface area contributed by atoms with Crippen LogP contribution in [0.25, 0.3) is 6.08 Å². The summed E-state index contributed by atoms with van der Waals surface area (Å²) < 4.78 is 5.66. The van der Waals surface area contributed by atoms with Crippen molar-refractivity contribution in [3.8, 4) is 5.75 Å². The lowest BCUT2D eigenvalue weighted by molar-refractivity contribution is -0.133. The Morgan fingerprint density at radius 3 is 2.57 bits per heavy atom. The molecule has 7 heteroatoms. The normalized spacial score (nSPS) is 10.2. The molecule has 1 aromatic heterocycles. The van der Waals surface area contributed by atoms with Gasteiger partial charge in [0, 0.05) is 43.7 Å². The van der Waals surface area contributed by atoms with Gasteiger partial charge in [0.05, 0.1) is 0 Å². The Kier molecular flexibility index (Phi) is 10.4. The van der Waals surface area contributed by atoms with Crippen LogP contribution in [0, 0.1) is 0 Å². The van der Waals surface area contributed by atoms with Crippen LogP contribution < -0.4 is 10.1 Å². The van der Waals surface area contributed by atoms with Gasteiger partial charge < -0.3 is 15.0 Å². The Morgan fingerprint density at radius 1 is 1.14 bits per heavy atom. The van der Waals surface area contributed by atoms with Crippen LogP contribution in [0.2, 0.25) is 0 Å². The molecule has 0 aliphatic carbocycles. The second kappa shape index (κ2) is 12.5. The highest BCUT2D eigenvalue weighted by Gasteiger charge is 2.11. The molecule has 0 aliphatic heterocycles.